The van der Waals surface area contributed by atoms with Crippen molar-refractivity contribution in [3.8, 4) is 0 Å². The summed E-state index contributed by atoms with van der Waals surface area (Å²) in [4.78, 5) is 11.5. The predicted octanol–water partition coefficient (Wildman–Crippen LogP) is 3.04. The Hall–Kier alpha value is -1.01. The quantitative estimate of drug-likeness (QED) is 0.869. The van der Waals surface area contributed by atoms with E-state index in [1.54, 1.807) is 0 Å². The molecule has 19 heavy (non-hydrogen) atoms. The fourth-order valence-corrected chi connectivity index (χ4v) is 1.76. The SMILES string of the molecule is CC(CNCc1ccc(Br)o1)NC(=O)OC(C)(C)C. The van der Waals surface area contributed by atoms with Crippen molar-refractivity contribution in [1.29, 1.82) is 0 Å². The molecule has 108 valence electrons. The molecule has 0 aliphatic carbocycles. The molecular weight excluding hydrogens is 312 g/mol. The first kappa shape index (κ1) is 16.0. The third-order valence-corrected chi connectivity index (χ3v) is 2.57. The standard InChI is InChI=1S/C13H21BrN2O3/c1-9(16-12(17)19-13(2,3)4)7-15-8-10-5-6-11(14)18-10/h5-6,9,15H,7-8H2,1-4H3,(H,16,17). The smallest absolute Gasteiger partial charge is 0.407 e. The topological polar surface area (TPSA) is 63.5 Å². The Morgan fingerprint density at radius 3 is 2.68 bits per heavy atom. The van der Waals surface area contributed by atoms with Crippen LogP contribution in [-0.4, -0.2) is 24.3 Å². The Kier molecular flexibility index (Phi) is 5.87. The zero-order chi connectivity index (χ0) is 14.5. The number of furan rings is 1. The molecule has 5 nitrogen and oxygen atoms in total. The monoisotopic (exact) mass is 332 g/mol. The van der Waals surface area contributed by atoms with Crippen LogP contribution >= 0.6 is 15.9 Å². The molecule has 0 saturated carbocycles. The van der Waals surface area contributed by atoms with Crippen molar-refractivity contribution in [2.75, 3.05) is 6.54 Å². The van der Waals surface area contributed by atoms with Gasteiger partial charge >= 0.3 is 6.09 Å². The van der Waals surface area contributed by atoms with Crippen LogP contribution < -0.4 is 10.6 Å². The van der Waals surface area contributed by atoms with E-state index >= 15 is 0 Å². The second kappa shape index (κ2) is 6.96. The Labute approximate surface area is 122 Å². The maximum Gasteiger partial charge on any atom is 0.407 e. The molecule has 0 spiro atoms. The summed E-state index contributed by atoms with van der Waals surface area (Å²) in [7, 11) is 0. The summed E-state index contributed by atoms with van der Waals surface area (Å²) in [5, 5.41) is 5.96. The minimum Gasteiger partial charge on any atom is -0.453 e. The van der Waals surface area contributed by atoms with Crippen molar-refractivity contribution in [1.82, 2.24) is 10.6 Å². The molecular formula is C13H21BrN2O3. The lowest BCUT2D eigenvalue weighted by molar-refractivity contribution is 0.0508. The third-order valence-electron chi connectivity index (χ3n) is 2.14. The van der Waals surface area contributed by atoms with E-state index in [1.807, 2.05) is 39.8 Å². The lowest BCUT2D eigenvalue weighted by Crippen LogP contribution is -2.42. The molecule has 0 aromatic carbocycles. The van der Waals surface area contributed by atoms with E-state index in [9.17, 15) is 4.79 Å². The highest BCUT2D eigenvalue weighted by Gasteiger charge is 2.17. The van der Waals surface area contributed by atoms with Gasteiger partial charge in [0.25, 0.3) is 0 Å². The number of halogens is 1. The van der Waals surface area contributed by atoms with Gasteiger partial charge in [0.05, 0.1) is 6.54 Å². The van der Waals surface area contributed by atoms with Crippen LogP contribution in [0.2, 0.25) is 0 Å². The summed E-state index contributed by atoms with van der Waals surface area (Å²) in [6, 6.07) is 3.72. The van der Waals surface area contributed by atoms with Crippen molar-refractivity contribution in [3.05, 3.63) is 22.6 Å². The third kappa shape index (κ3) is 7.22. The Morgan fingerprint density at radius 2 is 2.16 bits per heavy atom. The molecule has 1 aromatic heterocycles. The summed E-state index contributed by atoms with van der Waals surface area (Å²) in [6.07, 6.45) is -0.400. The molecule has 0 bridgehead atoms. The molecule has 1 heterocycles. The summed E-state index contributed by atoms with van der Waals surface area (Å²) in [6.45, 7) is 8.68. The van der Waals surface area contributed by atoms with Gasteiger partial charge in [-0.15, -0.1) is 0 Å². The summed E-state index contributed by atoms with van der Waals surface area (Å²) in [5.41, 5.74) is -0.475. The number of hydrogen-bond donors (Lipinski definition) is 2. The number of carbonyl (C=O) groups excluding carboxylic acids is 1. The van der Waals surface area contributed by atoms with Gasteiger partial charge in [0.1, 0.15) is 11.4 Å². The van der Waals surface area contributed by atoms with Crippen molar-refractivity contribution < 1.29 is 13.9 Å². The van der Waals surface area contributed by atoms with Crippen LogP contribution in [0.3, 0.4) is 0 Å². The molecule has 0 fully saturated rings. The van der Waals surface area contributed by atoms with Crippen LogP contribution in [-0.2, 0) is 11.3 Å². The van der Waals surface area contributed by atoms with Crippen LogP contribution in [0.5, 0.6) is 0 Å². The van der Waals surface area contributed by atoms with E-state index in [0.29, 0.717) is 17.8 Å². The van der Waals surface area contributed by atoms with Gasteiger partial charge in [-0.3, -0.25) is 0 Å². The molecule has 1 rings (SSSR count). The average Bonchev–Trinajstić information content (AvgIpc) is 2.60. The van der Waals surface area contributed by atoms with Gasteiger partial charge in [0.15, 0.2) is 4.67 Å². The summed E-state index contributed by atoms with van der Waals surface area (Å²) < 4.78 is 11.2. The first-order valence-electron chi connectivity index (χ1n) is 6.21. The van der Waals surface area contributed by atoms with Gasteiger partial charge in [-0.25, -0.2) is 4.79 Å². The normalized spacial score (nSPS) is 13.1. The second-order valence-electron chi connectivity index (χ2n) is 5.38. The minimum absolute atomic E-state index is 0.0201. The zero-order valence-electron chi connectivity index (χ0n) is 11.7. The van der Waals surface area contributed by atoms with Crippen molar-refractivity contribution >= 4 is 22.0 Å². The van der Waals surface area contributed by atoms with Crippen LogP contribution in [0.15, 0.2) is 21.2 Å². The van der Waals surface area contributed by atoms with Gasteiger partial charge < -0.3 is 19.8 Å². The fraction of sp³-hybridized carbons (Fsp3) is 0.615. The number of rotatable bonds is 5. The van der Waals surface area contributed by atoms with Crippen molar-refractivity contribution in [2.45, 2.75) is 45.9 Å². The van der Waals surface area contributed by atoms with E-state index < -0.39 is 11.7 Å². The van der Waals surface area contributed by atoms with Crippen LogP contribution in [0, 0.1) is 0 Å². The largest absolute Gasteiger partial charge is 0.453 e. The maximum absolute atomic E-state index is 11.5. The van der Waals surface area contributed by atoms with Gasteiger partial charge in [-0.05, 0) is 55.8 Å². The van der Waals surface area contributed by atoms with Gasteiger partial charge in [0.2, 0.25) is 0 Å². The summed E-state index contributed by atoms with van der Waals surface area (Å²) in [5.74, 6) is 0.844. The van der Waals surface area contributed by atoms with E-state index in [4.69, 9.17) is 9.15 Å². The van der Waals surface area contributed by atoms with Crippen molar-refractivity contribution in [2.24, 2.45) is 0 Å². The van der Waals surface area contributed by atoms with Gasteiger partial charge in [0, 0.05) is 12.6 Å². The summed E-state index contributed by atoms with van der Waals surface area (Å²) >= 11 is 3.25. The highest BCUT2D eigenvalue weighted by atomic mass is 79.9. The second-order valence-corrected chi connectivity index (χ2v) is 6.17. The molecule has 0 radical (unpaired) electrons. The number of ether oxygens (including phenoxy) is 1. The van der Waals surface area contributed by atoms with E-state index in [1.165, 1.54) is 0 Å². The molecule has 0 saturated heterocycles. The lowest BCUT2D eigenvalue weighted by atomic mass is 10.2. The van der Waals surface area contributed by atoms with Crippen LogP contribution in [0.4, 0.5) is 4.79 Å². The molecule has 2 N–H and O–H groups in total. The molecule has 1 amide bonds. The zero-order valence-corrected chi connectivity index (χ0v) is 13.3. The van der Waals surface area contributed by atoms with E-state index in [2.05, 4.69) is 26.6 Å². The average molecular weight is 333 g/mol. The molecule has 6 heteroatoms. The lowest BCUT2D eigenvalue weighted by Gasteiger charge is -2.22. The minimum atomic E-state index is -0.475. The number of alkyl carbamates (subject to hydrolysis) is 1. The number of hydrogen-bond acceptors (Lipinski definition) is 4. The molecule has 1 unspecified atom stereocenters. The first-order valence-corrected chi connectivity index (χ1v) is 7.00. The van der Waals surface area contributed by atoms with Gasteiger partial charge in [-0.1, -0.05) is 0 Å². The Morgan fingerprint density at radius 1 is 1.47 bits per heavy atom. The molecule has 1 aromatic rings. The van der Waals surface area contributed by atoms with Crippen molar-refractivity contribution in [3.63, 3.8) is 0 Å². The molecule has 0 aliphatic heterocycles. The highest BCUT2D eigenvalue weighted by molar-refractivity contribution is 9.10. The predicted molar refractivity (Wildman–Crippen MR) is 76.9 cm³/mol. The highest BCUT2D eigenvalue weighted by Crippen LogP contribution is 2.13. The maximum atomic E-state index is 11.5. The van der Waals surface area contributed by atoms with E-state index in [0.717, 1.165) is 5.76 Å². The van der Waals surface area contributed by atoms with E-state index in [-0.39, 0.29) is 6.04 Å². The molecule has 1 atom stereocenters. The first-order chi connectivity index (χ1) is 8.76. The fourth-order valence-electron chi connectivity index (χ4n) is 1.42. The Balaban J connectivity index is 2.21. The number of carbonyl (C=O) groups is 1. The number of amides is 1. The number of nitrogens with one attached hydrogen (secondary N) is 2. The van der Waals surface area contributed by atoms with Gasteiger partial charge in [-0.2, -0.15) is 0 Å². The van der Waals surface area contributed by atoms with Crippen LogP contribution in [0.1, 0.15) is 33.5 Å². The van der Waals surface area contributed by atoms with Crippen LogP contribution in [0.25, 0.3) is 0 Å². The molecule has 0 aliphatic rings. The Bertz CT molecular complexity index is 412.